The maximum atomic E-state index is 11.8. The highest BCUT2D eigenvalue weighted by Gasteiger charge is 2.23. The highest BCUT2D eigenvalue weighted by atomic mass is 16.3. The fourth-order valence-corrected chi connectivity index (χ4v) is 2.43. The van der Waals surface area contributed by atoms with E-state index in [4.69, 9.17) is 0 Å². The molecule has 1 aliphatic carbocycles. The summed E-state index contributed by atoms with van der Waals surface area (Å²) in [5.41, 5.74) is 0.713. The molecule has 0 bridgehead atoms. The van der Waals surface area contributed by atoms with E-state index in [1.54, 1.807) is 12.1 Å². The van der Waals surface area contributed by atoms with E-state index < -0.39 is 6.10 Å². The quantitative estimate of drug-likeness (QED) is 0.843. The predicted molar refractivity (Wildman–Crippen MR) is 63.0 cm³/mol. The number of rotatable bonds is 4. The highest BCUT2D eigenvalue weighted by molar-refractivity contribution is 5.84. The van der Waals surface area contributed by atoms with E-state index in [2.05, 4.69) is 0 Å². The normalized spacial score (nSPS) is 18.6. The molecule has 2 nitrogen and oxygen atoms in total. The van der Waals surface area contributed by atoms with E-state index in [1.165, 1.54) is 12.8 Å². The Morgan fingerprint density at radius 3 is 2.50 bits per heavy atom. The molecule has 16 heavy (non-hydrogen) atoms. The maximum absolute atomic E-state index is 11.8. The molecule has 1 saturated carbocycles. The monoisotopic (exact) mass is 218 g/mol. The van der Waals surface area contributed by atoms with E-state index in [0.717, 1.165) is 12.8 Å². The summed E-state index contributed by atoms with van der Waals surface area (Å²) in [7, 11) is 0. The van der Waals surface area contributed by atoms with Gasteiger partial charge in [0.2, 0.25) is 0 Å². The van der Waals surface area contributed by atoms with Crippen LogP contribution in [0, 0.1) is 5.92 Å². The lowest BCUT2D eigenvalue weighted by Gasteiger charge is -2.13. The van der Waals surface area contributed by atoms with E-state index in [9.17, 15) is 9.90 Å². The molecule has 0 saturated heterocycles. The number of aliphatic hydroxyl groups is 1. The second kappa shape index (κ2) is 5.26. The Kier molecular flexibility index (Phi) is 3.73. The molecule has 0 aliphatic heterocycles. The zero-order valence-electron chi connectivity index (χ0n) is 9.43. The van der Waals surface area contributed by atoms with Gasteiger partial charge in [0.1, 0.15) is 6.10 Å². The lowest BCUT2D eigenvalue weighted by molar-refractivity contribution is -0.128. The van der Waals surface area contributed by atoms with Gasteiger partial charge in [-0.25, -0.2) is 0 Å². The number of hydrogen-bond donors (Lipinski definition) is 1. The van der Waals surface area contributed by atoms with Crippen LogP contribution in [0.1, 0.15) is 43.8 Å². The summed E-state index contributed by atoms with van der Waals surface area (Å²) in [4.78, 5) is 11.8. The molecule has 0 radical (unpaired) electrons. The average molecular weight is 218 g/mol. The van der Waals surface area contributed by atoms with Crippen LogP contribution in [-0.4, -0.2) is 10.9 Å². The molecule has 1 aromatic rings. The van der Waals surface area contributed by atoms with Gasteiger partial charge in [0.25, 0.3) is 0 Å². The molecule has 0 aromatic heterocycles. The smallest absolute Gasteiger partial charge is 0.166 e. The molecule has 0 spiro atoms. The average Bonchev–Trinajstić information content (AvgIpc) is 2.82. The number of Topliss-reactive ketones (excluding diaryl/α,β-unsaturated/α-hetero) is 1. The molecule has 1 N–H and O–H groups in total. The second-order valence-electron chi connectivity index (χ2n) is 4.63. The molecule has 1 fully saturated rings. The first kappa shape index (κ1) is 11.3. The first-order valence-corrected chi connectivity index (χ1v) is 6.03. The van der Waals surface area contributed by atoms with Crippen molar-refractivity contribution in [3.8, 4) is 0 Å². The van der Waals surface area contributed by atoms with E-state index >= 15 is 0 Å². The Balaban J connectivity index is 1.94. The molecule has 2 rings (SSSR count). The van der Waals surface area contributed by atoms with Gasteiger partial charge in [0.05, 0.1) is 0 Å². The molecule has 0 amide bonds. The zero-order chi connectivity index (χ0) is 11.4. The Morgan fingerprint density at radius 2 is 1.88 bits per heavy atom. The summed E-state index contributed by atoms with van der Waals surface area (Å²) < 4.78 is 0. The number of carbonyl (C=O) groups excluding carboxylic acids is 1. The second-order valence-corrected chi connectivity index (χ2v) is 4.63. The first-order chi connectivity index (χ1) is 7.77. The number of benzene rings is 1. The van der Waals surface area contributed by atoms with Gasteiger partial charge in [-0.05, 0) is 11.5 Å². The standard InChI is InChI=1S/C14H18O2/c15-13(10-11-6-4-5-7-11)14(16)12-8-2-1-3-9-12/h1-3,8-9,11,14,16H,4-7,10H2. The summed E-state index contributed by atoms with van der Waals surface area (Å²) in [6.07, 6.45) is 4.37. The van der Waals surface area contributed by atoms with Crippen LogP contribution in [0.2, 0.25) is 0 Å². The first-order valence-electron chi connectivity index (χ1n) is 6.03. The molecular formula is C14H18O2. The maximum Gasteiger partial charge on any atom is 0.166 e. The predicted octanol–water partition coefficient (Wildman–Crippen LogP) is 2.87. The molecule has 1 aliphatic rings. The van der Waals surface area contributed by atoms with Crippen LogP contribution in [0.3, 0.4) is 0 Å². The van der Waals surface area contributed by atoms with Crippen LogP contribution >= 0.6 is 0 Å². The number of hydrogen-bond acceptors (Lipinski definition) is 2. The van der Waals surface area contributed by atoms with Gasteiger partial charge in [-0.3, -0.25) is 4.79 Å². The minimum absolute atomic E-state index is 0.0295. The Labute approximate surface area is 96.3 Å². The largest absolute Gasteiger partial charge is 0.381 e. The fraction of sp³-hybridized carbons (Fsp3) is 0.500. The topological polar surface area (TPSA) is 37.3 Å². The molecular weight excluding hydrogens is 200 g/mol. The minimum Gasteiger partial charge on any atom is -0.381 e. The molecule has 86 valence electrons. The number of carbonyl (C=O) groups is 1. The van der Waals surface area contributed by atoms with Crippen LogP contribution in [0.25, 0.3) is 0 Å². The van der Waals surface area contributed by atoms with Gasteiger partial charge < -0.3 is 5.11 Å². The van der Waals surface area contributed by atoms with Crippen LogP contribution in [0.4, 0.5) is 0 Å². The van der Waals surface area contributed by atoms with E-state index in [0.29, 0.717) is 17.9 Å². The summed E-state index contributed by atoms with van der Waals surface area (Å²) in [6, 6.07) is 9.19. The van der Waals surface area contributed by atoms with Crippen molar-refractivity contribution < 1.29 is 9.90 Å². The van der Waals surface area contributed by atoms with Crippen molar-refractivity contribution in [2.24, 2.45) is 5.92 Å². The molecule has 1 aromatic carbocycles. The molecule has 1 atom stereocenters. The Bertz CT molecular complexity index is 339. The van der Waals surface area contributed by atoms with Gasteiger partial charge in [0, 0.05) is 6.42 Å². The van der Waals surface area contributed by atoms with Crippen LogP contribution < -0.4 is 0 Å². The minimum atomic E-state index is -0.929. The highest BCUT2D eigenvalue weighted by Crippen LogP contribution is 2.29. The number of aliphatic hydroxyl groups excluding tert-OH is 1. The SMILES string of the molecule is O=C(CC1CCCC1)C(O)c1ccccc1. The van der Waals surface area contributed by atoms with Crippen molar-refractivity contribution in [1.82, 2.24) is 0 Å². The van der Waals surface area contributed by atoms with E-state index in [1.807, 2.05) is 18.2 Å². The van der Waals surface area contributed by atoms with Gasteiger partial charge in [-0.1, -0.05) is 56.0 Å². The van der Waals surface area contributed by atoms with Crippen LogP contribution in [0.5, 0.6) is 0 Å². The van der Waals surface area contributed by atoms with Crippen molar-refractivity contribution in [1.29, 1.82) is 0 Å². The van der Waals surface area contributed by atoms with E-state index in [-0.39, 0.29) is 5.78 Å². The van der Waals surface area contributed by atoms with Gasteiger partial charge in [-0.2, -0.15) is 0 Å². The summed E-state index contributed by atoms with van der Waals surface area (Å²) in [5, 5.41) is 9.90. The fourth-order valence-electron chi connectivity index (χ4n) is 2.43. The lowest BCUT2D eigenvalue weighted by atomic mass is 9.95. The third-order valence-corrected chi connectivity index (χ3v) is 3.38. The Hall–Kier alpha value is -1.15. The third-order valence-electron chi connectivity index (χ3n) is 3.38. The lowest BCUT2D eigenvalue weighted by Crippen LogP contribution is -2.15. The molecule has 1 unspecified atom stereocenters. The molecule has 0 heterocycles. The number of ketones is 1. The van der Waals surface area contributed by atoms with Crippen molar-refractivity contribution in [3.63, 3.8) is 0 Å². The van der Waals surface area contributed by atoms with Crippen molar-refractivity contribution in [3.05, 3.63) is 35.9 Å². The van der Waals surface area contributed by atoms with Gasteiger partial charge in [0.15, 0.2) is 5.78 Å². The summed E-state index contributed by atoms with van der Waals surface area (Å²) in [5.74, 6) is 0.476. The Morgan fingerprint density at radius 1 is 1.25 bits per heavy atom. The van der Waals surface area contributed by atoms with Crippen molar-refractivity contribution in [2.75, 3.05) is 0 Å². The summed E-state index contributed by atoms with van der Waals surface area (Å²) >= 11 is 0. The summed E-state index contributed by atoms with van der Waals surface area (Å²) in [6.45, 7) is 0. The van der Waals surface area contributed by atoms with Crippen LogP contribution in [-0.2, 0) is 4.79 Å². The third kappa shape index (κ3) is 2.70. The zero-order valence-corrected chi connectivity index (χ0v) is 9.43. The van der Waals surface area contributed by atoms with Crippen molar-refractivity contribution in [2.45, 2.75) is 38.2 Å². The van der Waals surface area contributed by atoms with Gasteiger partial charge >= 0.3 is 0 Å². The van der Waals surface area contributed by atoms with Crippen LogP contribution in [0.15, 0.2) is 30.3 Å². The molecule has 2 heteroatoms. The van der Waals surface area contributed by atoms with Crippen molar-refractivity contribution >= 4 is 5.78 Å². The van der Waals surface area contributed by atoms with Gasteiger partial charge in [-0.15, -0.1) is 0 Å².